The molecule has 1 N–H and O–H groups in total. The van der Waals surface area contributed by atoms with E-state index in [0.717, 1.165) is 18.8 Å². The van der Waals surface area contributed by atoms with Crippen molar-refractivity contribution in [2.75, 3.05) is 6.16 Å². The van der Waals surface area contributed by atoms with Gasteiger partial charge in [-0.05, 0) is 24.9 Å². The molecule has 0 heterocycles. The Hall–Kier alpha value is -0.100. The number of hydrogen-bond donors (Lipinski definition) is 1. The molecule has 0 aliphatic heterocycles. The Morgan fingerprint density at radius 3 is 1.14 bits per heavy atom. The summed E-state index contributed by atoms with van der Waals surface area (Å²) in [6.45, 7) is 6.93. The van der Waals surface area contributed by atoms with Crippen molar-refractivity contribution in [3.05, 3.63) is 0 Å². The number of carboxylic acid groups (broad SMARTS) is 1. The lowest BCUT2D eigenvalue weighted by Crippen LogP contribution is -1.93. The van der Waals surface area contributed by atoms with Crippen molar-refractivity contribution in [3.63, 3.8) is 0 Å². The van der Waals surface area contributed by atoms with Crippen molar-refractivity contribution in [2.24, 2.45) is 5.92 Å². The molecule has 0 saturated heterocycles. The molecule has 1 atom stereocenters. The minimum atomic E-state index is -0.653. The number of aliphatic carboxylic acids is 1. The summed E-state index contributed by atoms with van der Waals surface area (Å²) in [5.41, 5.74) is 0. The normalized spacial score (nSPS) is 11.0. The molecule has 0 aliphatic carbocycles. The van der Waals surface area contributed by atoms with Gasteiger partial charge in [0.05, 0.1) is 0 Å². The first kappa shape index (κ1) is 38.0. The lowest BCUT2D eigenvalue weighted by Gasteiger charge is -2.04. The Bertz CT molecular complexity index is 397. The second-order valence-electron chi connectivity index (χ2n) is 11.6. The molecule has 0 spiro atoms. The Morgan fingerprint density at radius 2 is 0.833 bits per heavy atom. The third-order valence-electron chi connectivity index (χ3n) is 7.23. The molecule has 218 valence electrons. The van der Waals surface area contributed by atoms with Gasteiger partial charge < -0.3 is 5.11 Å². The second-order valence-corrected chi connectivity index (χ2v) is 12.2. The van der Waals surface area contributed by atoms with Crippen LogP contribution in [0.5, 0.6) is 0 Å². The van der Waals surface area contributed by atoms with Crippen LogP contribution in [0, 0.1) is 5.92 Å². The predicted octanol–water partition coefficient (Wildman–Crippen LogP) is 12.1. The number of rotatable bonds is 28. The maximum absolute atomic E-state index is 10.3. The molecule has 0 radical (unpaired) electrons. The summed E-state index contributed by atoms with van der Waals surface area (Å²) in [7, 11) is 2.82. The molecule has 0 aromatic carbocycles. The predicted molar refractivity (Wildman–Crippen MR) is 167 cm³/mol. The SMILES string of the molecule is CC(C)CCCCCCCCCCCCP.CCCCCCCCCCCCCCCCCC(=O)O. The molecule has 0 saturated carbocycles. The largest absolute Gasteiger partial charge is 0.481 e. The molecule has 0 fully saturated rings. The van der Waals surface area contributed by atoms with Crippen molar-refractivity contribution in [1.29, 1.82) is 0 Å². The number of hydrogen-bond acceptors (Lipinski definition) is 1. The number of carboxylic acids is 1. The van der Waals surface area contributed by atoms with Gasteiger partial charge in [-0.1, -0.05) is 175 Å². The summed E-state index contributed by atoms with van der Waals surface area (Å²) in [6, 6.07) is 0. The molecular formula is C33H69O2P. The van der Waals surface area contributed by atoms with E-state index in [1.165, 1.54) is 160 Å². The summed E-state index contributed by atoms with van der Waals surface area (Å²) in [4.78, 5) is 10.3. The van der Waals surface area contributed by atoms with E-state index >= 15 is 0 Å². The highest BCUT2D eigenvalue weighted by Crippen LogP contribution is 2.15. The average Bonchev–Trinajstić information content (AvgIpc) is 2.85. The standard InChI is InChI=1S/C18H36O2.C15H33P/c1-2-3-4-5-6-7-8-9-10-11-12-13-14-15-16-17-18(19)20;1-15(2)13-11-9-7-5-3-4-6-8-10-12-14-16/h2-17H2,1H3,(H,19,20);15H,3-14,16H2,1-2H3. The van der Waals surface area contributed by atoms with Gasteiger partial charge in [0.15, 0.2) is 0 Å². The van der Waals surface area contributed by atoms with Crippen LogP contribution in [0.4, 0.5) is 0 Å². The summed E-state index contributed by atoms with van der Waals surface area (Å²) in [5, 5.41) is 8.52. The Morgan fingerprint density at radius 1 is 0.528 bits per heavy atom. The maximum Gasteiger partial charge on any atom is 0.303 e. The van der Waals surface area contributed by atoms with E-state index in [1.54, 1.807) is 0 Å². The molecule has 0 rings (SSSR count). The van der Waals surface area contributed by atoms with Crippen LogP contribution >= 0.6 is 9.24 Å². The summed E-state index contributed by atoms with van der Waals surface area (Å²) < 4.78 is 0. The molecule has 0 bridgehead atoms. The van der Waals surface area contributed by atoms with Crippen LogP contribution in [0.1, 0.15) is 194 Å². The molecule has 1 unspecified atom stereocenters. The van der Waals surface area contributed by atoms with Gasteiger partial charge in [-0.3, -0.25) is 4.79 Å². The van der Waals surface area contributed by atoms with Gasteiger partial charge in [0.25, 0.3) is 0 Å². The molecule has 0 aromatic rings. The van der Waals surface area contributed by atoms with Crippen LogP contribution in [-0.2, 0) is 4.79 Å². The van der Waals surface area contributed by atoms with Crippen LogP contribution in [0.3, 0.4) is 0 Å². The third kappa shape index (κ3) is 41.0. The van der Waals surface area contributed by atoms with Gasteiger partial charge in [0.1, 0.15) is 0 Å². The van der Waals surface area contributed by atoms with Crippen molar-refractivity contribution >= 4 is 15.2 Å². The molecular weight excluding hydrogens is 459 g/mol. The molecule has 0 amide bonds. The topological polar surface area (TPSA) is 37.3 Å². The maximum atomic E-state index is 10.3. The van der Waals surface area contributed by atoms with Crippen LogP contribution < -0.4 is 0 Å². The smallest absolute Gasteiger partial charge is 0.303 e. The van der Waals surface area contributed by atoms with Crippen LogP contribution in [0.15, 0.2) is 0 Å². The van der Waals surface area contributed by atoms with Crippen molar-refractivity contribution in [3.8, 4) is 0 Å². The van der Waals surface area contributed by atoms with Gasteiger partial charge >= 0.3 is 5.97 Å². The first-order chi connectivity index (χ1) is 17.5. The summed E-state index contributed by atoms with van der Waals surface area (Å²) in [5.74, 6) is 0.247. The van der Waals surface area contributed by atoms with E-state index in [1.807, 2.05) is 0 Å². The first-order valence-electron chi connectivity index (χ1n) is 16.5. The van der Waals surface area contributed by atoms with Crippen molar-refractivity contribution in [1.82, 2.24) is 0 Å². The minimum absolute atomic E-state index is 0.345. The zero-order chi connectivity index (χ0) is 27.0. The van der Waals surface area contributed by atoms with E-state index in [2.05, 4.69) is 30.0 Å². The van der Waals surface area contributed by atoms with E-state index < -0.39 is 5.97 Å². The van der Waals surface area contributed by atoms with E-state index in [-0.39, 0.29) is 0 Å². The average molecular weight is 529 g/mol. The van der Waals surface area contributed by atoms with Crippen LogP contribution in [-0.4, -0.2) is 17.2 Å². The first-order valence-corrected chi connectivity index (χ1v) is 17.3. The molecule has 36 heavy (non-hydrogen) atoms. The molecule has 2 nitrogen and oxygen atoms in total. The number of carbonyl (C=O) groups is 1. The zero-order valence-corrected chi connectivity index (χ0v) is 26.5. The van der Waals surface area contributed by atoms with Gasteiger partial charge in [-0.2, -0.15) is 0 Å². The highest BCUT2D eigenvalue weighted by molar-refractivity contribution is 7.16. The van der Waals surface area contributed by atoms with E-state index in [0.29, 0.717) is 6.42 Å². The lowest BCUT2D eigenvalue weighted by atomic mass is 10.0. The summed E-state index contributed by atoms with van der Waals surface area (Å²) >= 11 is 0. The Labute approximate surface area is 231 Å². The highest BCUT2D eigenvalue weighted by Gasteiger charge is 1.97. The fourth-order valence-corrected chi connectivity index (χ4v) is 5.05. The lowest BCUT2D eigenvalue weighted by molar-refractivity contribution is -0.137. The van der Waals surface area contributed by atoms with Gasteiger partial charge in [0.2, 0.25) is 0 Å². The third-order valence-corrected chi connectivity index (χ3v) is 7.64. The monoisotopic (exact) mass is 529 g/mol. The van der Waals surface area contributed by atoms with Crippen LogP contribution in [0.2, 0.25) is 0 Å². The quantitative estimate of drug-likeness (QED) is 0.0809. The zero-order valence-electron chi connectivity index (χ0n) is 25.3. The fraction of sp³-hybridized carbons (Fsp3) is 0.970. The van der Waals surface area contributed by atoms with E-state index in [4.69, 9.17) is 5.11 Å². The Balaban J connectivity index is 0. The van der Waals surface area contributed by atoms with Crippen LogP contribution in [0.25, 0.3) is 0 Å². The van der Waals surface area contributed by atoms with Gasteiger partial charge in [-0.25, -0.2) is 0 Å². The fourth-order valence-electron chi connectivity index (χ4n) is 4.76. The minimum Gasteiger partial charge on any atom is -0.481 e. The van der Waals surface area contributed by atoms with Gasteiger partial charge in [0, 0.05) is 6.42 Å². The number of unbranched alkanes of at least 4 members (excludes halogenated alkanes) is 23. The Kier molecular flexibility index (Phi) is 36.9. The van der Waals surface area contributed by atoms with Crippen molar-refractivity contribution < 1.29 is 9.90 Å². The van der Waals surface area contributed by atoms with Gasteiger partial charge in [-0.15, -0.1) is 9.24 Å². The van der Waals surface area contributed by atoms with Crippen molar-refractivity contribution in [2.45, 2.75) is 194 Å². The molecule has 3 heteroatoms. The molecule has 0 aliphatic rings. The van der Waals surface area contributed by atoms with E-state index in [9.17, 15) is 4.79 Å². The highest BCUT2D eigenvalue weighted by atomic mass is 31.0. The molecule has 0 aromatic heterocycles. The second kappa shape index (κ2) is 34.9. The summed E-state index contributed by atoms with van der Waals surface area (Å²) in [6.07, 6.45) is 37.5.